The van der Waals surface area contributed by atoms with E-state index in [1.165, 1.54) is 10.4 Å². The van der Waals surface area contributed by atoms with Crippen molar-refractivity contribution in [2.24, 2.45) is 0 Å². The zero-order valence-electron chi connectivity index (χ0n) is 17.2. The summed E-state index contributed by atoms with van der Waals surface area (Å²) in [7, 11) is -3.57. The number of hydrogen-bond donors (Lipinski definition) is 0. The van der Waals surface area contributed by atoms with E-state index in [-0.39, 0.29) is 29.3 Å². The Labute approximate surface area is 181 Å². The Balaban J connectivity index is 1.46. The number of rotatable bonds is 5. The van der Waals surface area contributed by atoms with Gasteiger partial charge in [-0.05, 0) is 37.3 Å². The lowest BCUT2D eigenvalue weighted by Gasteiger charge is -2.35. The molecule has 3 aromatic rings. The van der Waals surface area contributed by atoms with E-state index in [0.717, 1.165) is 5.56 Å². The fourth-order valence-electron chi connectivity index (χ4n) is 3.69. The summed E-state index contributed by atoms with van der Waals surface area (Å²) in [6, 6.07) is 20.0. The van der Waals surface area contributed by atoms with Gasteiger partial charge in [0.15, 0.2) is 5.78 Å². The molecule has 0 unspecified atom stereocenters. The van der Waals surface area contributed by atoms with Gasteiger partial charge in [0.1, 0.15) is 5.82 Å². The van der Waals surface area contributed by atoms with E-state index in [1.807, 2.05) is 17.9 Å². The molecule has 0 aromatic heterocycles. The maximum atomic E-state index is 14.8. The second-order valence-electron chi connectivity index (χ2n) is 7.57. The van der Waals surface area contributed by atoms with E-state index in [4.69, 9.17) is 0 Å². The summed E-state index contributed by atoms with van der Waals surface area (Å²) in [4.78, 5) is 14.6. The monoisotopic (exact) mass is 438 g/mol. The SMILES string of the molecule is Cc1ccc(S(=O)(=O)N2CCN(c3ccc(C(=O)c4ccccc4)cc3F)CC2)cc1. The number of ketones is 1. The van der Waals surface area contributed by atoms with Crippen LogP contribution in [0.4, 0.5) is 10.1 Å². The van der Waals surface area contributed by atoms with Crippen molar-refractivity contribution in [3.05, 3.63) is 95.3 Å². The van der Waals surface area contributed by atoms with E-state index in [9.17, 15) is 17.6 Å². The van der Waals surface area contributed by atoms with Crippen molar-refractivity contribution in [3.8, 4) is 0 Å². The number of benzene rings is 3. The molecule has 160 valence electrons. The average molecular weight is 439 g/mol. The summed E-state index contributed by atoms with van der Waals surface area (Å²) in [5.41, 5.74) is 2.16. The molecular formula is C24H23FN2O3S. The first-order valence-corrected chi connectivity index (χ1v) is 11.5. The lowest BCUT2D eigenvalue weighted by molar-refractivity contribution is 0.103. The Morgan fingerprint density at radius 2 is 1.48 bits per heavy atom. The minimum Gasteiger partial charge on any atom is -0.367 e. The van der Waals surface area contributed by atoms with Crippen LogP contribution in [0.3, 0.4) is 0 Å². The van der Waals surface area contributed by atoms with Crippen molar-refractivity contribution in [3.63, 3.8) is 0 Å². The van der Waals surface area contributed by atoms with Crippen LogP contribution in [-0.4, -0.2) is 44.7 Å². The van der Waals surface area contributed by atoms with Crippen molar-refractivity contribution in [1.29, 1.82) is 0 Å². The molecule has 0 saturated carbocycles. The van der Waals surface area contributed by atoms with Crippen molar-refractivity contribution in [2.75, 3.05) is 31.1 Å². The Bertz CT molecular complexity index is 1190. The highest BCUT2D eigenvalue weighted by Gasteiger charge is 2.29. The van der Waals surface area contributed by atoms with Crippen LogP contribution in [0.5, 0.6) is 0 Å². The summed E-state index contributed by atoms with van der Waals surface area (Å²) >= 11 is 0. The average Bonchev–Trinajstić information content (AvgIpc) is 2.79. The molecule has 0 radical (unpaired) electrons. The predicted molar refractivity (Wildman–Crippen MR) is 118 cm³/mol. The molecule has 1 aliphatic heterocycles. The van der Waals surface area contributed by atoms with Crippen LogP contribution in [0.1, 0.15) is 21.5 Å². The fourth-order valence-corrected chi connectivity index (χ4v) is 5.11. The van der Waals surface area contributed by atoms with Crippen molar-refractivity contribution >= 4 is 21.5 Å². The maximum absolute atomic E-state index is 14.8. The number of halogens is 1. The molecule has 0 amide bonds. The van der Waals surface area contributed by atoms with Gasteiger partial charge in [0.25, 0.3) is 0 Å². The van der Waals surface area contributed by atoms with E-state index >= 15 is 0 Å². The Morgan fingerprint density at radius 1 is 0.839 bits per heavy atom. The molecule has 5 nitrogen and oxygen atoms in total. The van der Waals surface area contributed by atoms with E-state index < -0.39 is 15.8 Å². The highest BCUT2D eigenvalue weighted by Crippen LogP contribution is 2.25. The second kappa shape index (κ2) is 8.61. The number of nitrogens with zero attached hydrogens (tertiary/aromatic N) is 2. The second-order valence-corrected chi connectivity index (χ2v) is 9.50. The summed E-state index contributed by atoms with van der Waals surface area (Å²) in [5, 5.41) is 0. The van der Waals surface area contributed by atoms with Gasteiger partial charge in [0.05, 0.1) is 10.6 Å². The van der Waals surface area contributed by atoms with Gasteiger partial charge < -0.3 is 4.90 Å². The first-order chi connectivity index (χ1) is 14.9. The van der Waals surface area contributed by atoms with Crippen LogP contribution < -0.4 is 4.90 Å². The number of piperazine rings is 1. The van der Waals surface area contributed by atoms with E-state index in [2.05, 4.69) is 0 Å². The normalized spacial score (nSPS) is 15.1. The predicted octanol–water partition coefficient (Wildman–Crippen LogP) is 3.88. The minimum atomic E-state index is -3.57. The minimum absolute atomic E-state index is 0.236. The molecule has 1 fully saturated rings. The third-order valence-corrected chi connectivity index (χ3v) is 7.40. The third kappa shape index (κ3) is 4.38. The zero-order chi connectivity index (χ0) is 22.0. The molecule has 31 heavy (non-hydrogen) atoms. The van der Waals surface area contributed by atoms with Gasteiger partial charge in [0, 0.05) is 37.3 Å². The highest BCUT2D eigenvalue weighted by atomic mass is 32.2. The number of sulfonamides is 1. The standard InChI is InChI=1S/C24H23FN2O3S/c1-18-7-10-21(11-8-18)31(29,30)27-15-13-26(14-16-27)23-12-9-20(17-22(23)25)24(28)19-5-3-2-4-6-19/h2-12,17H,13-16H2,1H3. The molecule has 1 aliphatic rings. The van der Waals surface area contributed by atoms with Gasteiger partial charge in [-0.3, -0.25) is 4.79 Å². The molecule has 7 heteroatoms. The molecule has 0 atom stereocenters. The van der Waals surface area contributed by atoms with Crippen molar-refractivity contribution in [2.45, 2.75) is 11.8 Å². The largest absolute Gasteiger partial charge is 0.367 e. The van der Waals surface area contributed by atoms with Crippen LogP contribution in [0.15, 0.2) is 77.7 Å². The molecule has 1 heterocycles. The summed E-state index contributed by atoms with van der Waals surface area (Å²) in [6.07, 6.45) is 0. The smallest absolute Gasteiger partial charge is 0.243 e. The fraction of sp³-hybridized carbons (Fsp3) is 0.208. The first kappa shape index (κ1) is 21.2. The Kier molecular flexibility index (Phi) is 5.89. The topological polar surface area (TPSA) is 57.7 Å². The zero-order valence-corrected chi connectivity index (χ0v) is 18.0. The van der Waals surface area contributed by atoms with Gasteiger partial charge >= 0.3 is 0 Å². The van der Waals surface area contributed by atoms with Gasteiger partial charge in [-0.25, -0.2) is 12.8 Å². The van der Waals surface area contributed by atoms with E-state index in [1.54, 1.807) is 60.7 Å². The Morgan fingerprint density at radius 3 is 2.10 bits per heavy atom. The lowest BCUT2D eigenvalue weighted by Crippen LogP contribution is -2.48. The van der Waals surface area contributed by atoms with Gasteiger partial charge in [-0.2, -0.15) is 4.31 Å². The van der Waals surface area contributed by atoms with Gasteiger partial charge in [0.2, 0.25) is 10.0 Å². The Hall–Kier alpha value is -3.03. The quantitative estimate of drug-likeness (QED) is 0.568. The van der Waals surface area contributed by atoms with Crippen molar-refractivity contribution < 1.29 is 17.6 Å². The van der Waals surface area contributed by atoms with Gasteiger partial charge in [-0.1, -0.05) is 48.0 Å². The van der Waals surface area contributed by atoms with Crippen molar-refractivity contribution in [1.82, 2.24) is 4.31 Å². The number of carbonyl (C=O) groups is 1. The number of hydrogen-bond acceptors (Lipinski definition) is 4. The summed E-state index contributed by atoms with van der Waals surface area (Å²) < 4.78 is 42.0. The number of carbonyl (C=O) groups excluding carboxylic acids is 1. The molecule has 4 rings (SSSR count). The molecule has 0 aliphatic carbocycles. The number of aryl methyl sites for hydroxylation is 1. The molecule has 0 bridgehead atoms. The van der Waals surface area contributed by atoms with Crippen LogP contribution >= 0.6 is 0 Å². The van der Waals surface area contributed by atoms with Crippen LogP contribution in [0.25, 0.3) is 0 Å². The molecule has 3 aromatic carbocycles. The third-order valence-electron chi connectivity index (χ3n) is 5.48. The van der Waals surface area contributed by atoms with Crippen LogP contribution in [0, 0.1) is 12.7 Å². The van der Waals surface area contributed by atoms with E-state index in [0.29, 0.717) is 24.3 Å². The summed E-state index contributed by atoms with van der Waals surface area (Å²) in [5.74, 6) is -0.725. The lowest BCUT2D eigenvalue weighted by atomic mass is 10.0. The molecule has 0 N–H and O–H groups in total. The van der Waals surface area contributed by atoms with Gasteiger partial charge in [-0.15, -0.1) is 0 Å². The summed E-state index contributed by atoms with van der Waals surface area (Å²) in [6.45, 7) is 3.17. The molecule has 1 saturated heterocycles. The van der Waals surface area contributed by atoms with Crippen LogP contribution in [-0.2, 0) is 10.0 Å². The highest BCUT2D eigenvalue weighted by molar-refractivity contribution is 7.89. The van der Waals surface area contributed by atoms with Crippen LogP contribution in [0.2, 0.25) is 0 Å². The first-order valence-electron chi connectivity index (χ1n) is 10.1. The maximum Gasteiger partial charge on any atom is 0.243 e. The number of anilines is 1. The molecular weight excluding hydrogens is 415 g/mol. The molecule has 0 spiro atoms.